The van der Waals surface area contributed by atoms with E-state index in [2.05, 4.69) is 5.32 Å². The summed E-state index contributed by atoms with van der Waals surface area (Å²) in [7, 11) is 0. The average molecular weight is 410 g/mol. The number of allylic oxidation sites excluding steroid dienone is 1. The van der Waals surface area contributed by atoms with Crippen LogP contribution in [0.15, 0.2) is 48.4 Å². The Morgan fingerprint density at radius 1 is 1.23 bits per heavy atom. The first-order valence-electron chi connectivity index (χ1n) is 9.64. The maximum Gasteiger partial charge on any atom is 0.418 e. The van der Waals surface area contributed by atoms with Gasteiger partial charge in [-0.15, -0.1) is 0 Å². The van der Waals surface area contributed by atoms with E-state index >= 15 is 0 Å². The van der Waals surface area contributed by atoms with E-state index in [0.717, 1.165) is 5.57 Å². The van der Waals surface area contributed by atoms with Crippen molar-refractivity contribution in [2.75, 3.05) is 5.32 Å². The zero-order valence-corrected chi connectivity index (χ0v) is 17.5. The van der Waals surface area contributed by atoms with Crippen molar-refractivity contribution in [2.24, 2.45) is 0 Å². The number of benzene rings is 1. The van der Waals surface area contributed by atoms with E-state index < -0.39 is 23.1 Å². The molecule has 7 heteroatoms. The third-order valence-corrected chi connectivity index (χ3v) is 4.88. The summed E-state index contributed by atoms with van der Waals surface area (Å²) in [5.41, 5.74) is 1.22. The molecule has 0 bridgehead atoms. The minimum Gasteiger partial charge on any atom is -0.482 e. The minimum atomic E-state index is -0.802. The van der Waals surface area contributed by atoms with Gasteiger partial charge in [0.15, 0.2) is 0 Å². The molecule has 0 atom stereocenters. The molecule has 0 spiro atoms. The number of fused-ring (bicyclic) bond motifs is 1. The lowest BCUT2D eigenvalue weighted by molar-refractivity contribution is -0.111. The molecule has 0 unspecified atom stereocenters. The fourth-order valence-corrected chi connectivity index (χ4v) is 3.63. The van der Waals surface area contributed by atoms with E-state index in [9.17, 15) is 14.0 Å². The van der Waals surface area contributed by atoms with Gasteiger partial charge >= 0.3 is 6.09 Å². The molecule has 1 aromatic heterocycles. The molecule has 4 rings (SSSR count). The fourth-order valence-electron chi connectivity index (χ4n) is 3.63. The lowest BCUT2D eigenvalue weighted by Crippen LogP contribution is -2.29. The highest BCUT2D eigenvalue weighted by Crippen LogP contribution is 2.44. The summed E-state index contributed by atoms with van der Waals surface area (Å²) < 4.78 is 26.6. The number of nitrogens with zero attached hydrogens (tertiary/aromatic N) is 1. The zero-order valence-electron chi connectivity index (χ0n) is 17.5. The summed E-state index contributed by atoms with van der Waals surface area (Å²) in [5.74, 6) is -0.421. The van der Waals surface area contributed by atoms with Crippen molar-refractivity contribution >= 4 is 28.8 Å². The lowest BCUT2D eigenvalue weighted by Gasteiger charge is -2.25. The second-order valence-corrected chi connectivity index (χ2v) is 8.80. The highest BCUT2D eigenvalue weighted by molar-refractivity contribution is 6.32. The highest BCUT2D eigenvalue weighted by Gasteiger charge is 2.39. The molecule has 2 aliphatic heterocycles. The summed E-state index contributed by atoms with van der Waals surface area (Å²) in [6, 6.07) is 7.68. The Hall–Kier alpha value is -3.35. The van der Waals surface area contributed by atoms with Crippen molar-refractivity contribution < 1.29 is 23.5 Å². The molecule has 0 radical (unpaired) electrons. The molecule has 30 heavy (non-hydrogen) atoms. The molecule has 0 saturated carbocycles. The van der Waals surface area contributed by atoms with E-state index in [1.54, 1.807) is 51.2 Å². The van der Waals surface area contributed by atoms with Gasteiger partial charge in [0.1, 0.15) is 22.8 Å². The number of rotatable bonds is 1. The first kappa shape index (κ1) is 19.9. The largest absolute Gasteiger partial charge is 0.482 e. The number of ether oxygens (including phenoxy) is 2. The molecular formula is C23H23FN2O4. The SMILES string of the molecule is CC(C)(C)OC(=O)n1cccc1C1=CC(=C2C(=O)Nc3cc(F)ccc32)OC1(C)C. The van der Waals surface area contributed by atoms with Crippen LogP contribution in [0.2, 0.25) is 0 Å². The van der Waals surface area contributed by atoms with Crippen molar-refractivity contribution in [3.8, 4) is 0 Å². The van der Waals surface area contributed by atoms with Crippen LogP contribution in [0, 0.1) is 5.82 Å². The molecule has 2 aliphatic rings. The number of hydrogen-bond acceptors (Lipinski definition) is 4. The number of anilines is 1. The van der Waals surface area contributed by atoms with Gasteiger partial charge in [0, 0.05) is 17.3 Å². The normalized spacial score (nSPS) is 19.8. The van der Waals surface area contributed by atoms with Crippen molar-refractivity contribution in [3.63, 3.8) is 0 Å². The molecule has 156 valence electrons. The van der Waals surface area contributed by atoms with Gasteiger partial charge in [-0.2, -0.15) is 0 Å². The number of amides is 1. The summed E-state index contributed by atoms with van der Waals surface area (Å²) in [6.45, 7) is 9.13. The maximum absolute atomic E-state index is 13.5. The predicted octanol–water partition coefficient (Wildman–Crippen LogP) is 4.97. The van der Waals surface area contributed by atoms with Gasteiger partial charge in [-0.3, -0.25) is 9.36 Å². The number of hydrogen-bond donors (Lipinski definition) is 1. The van der Waals surface area contributed by atoms with E-state index in [4.69, 9.17) is 9.47 Å². The monoisotopic (exact) mass is 410 g/mol. The Bertz CT molecular complexity index is 1130. The zero-order chi connectivity index (χ0) is 21.8. The molecular weight excluding hydrogens is 387 g/mol. The summed E-state index contributed by atoms with van der Waals surface area (Å²) >= 11 is 0. The Balaban J connectivity index is 1.80. The number of aromatic nitrogens is 1. The second-order valence-electron chi connectivity index (χ2n) is 8.80. The summed E-state index contributed by atoms with van der Waals surface area (Å²) in [6.07, 6.45) is 2.88. The topological polar surface area (TPSA) is 69.6 Å². The smallest absolute Gasteiger partial charge is 0.418 e. The Morgan fingerprint density at radius 3 is 2.67 bits per heavy atom. The van der Waals surface area contributed by atoms with Crippen molar-refractivity contribution in [3.05, 3.63) is 65.4 Å². The maximum atomic E-state index is 13.5. The van der Waals surface area contributed by atoms with Crippen molar-refractivity contribution in [1.29, 1.82) is 0 Å². The van der Waals surface area contributed by atoms with E-state index in [1.165, 1.54) is 16.7 Å². The lowest BCUT2D eigenvalue weighted by atomic mass is 9.96. The Morgan fingerprint density at radius 2 is 1.97 bits per heavy atom. The van der Waals surface area contributed by atoms with Crippen LogP contribution in [0.5, 0.6) is 0 Å². The van der Waals surface area contributed by atoms with Gasteiger partial charge in [-0.25, -0.2) is 9.18 Å². The van der Waals surface area contributed by atoms with Crippen LogP contribution in [-0.4, -0.2) is 27.8 Å². The van der Waals surface area contributed by atoms with Crippen LogP contribution in [0.25, 0.3) is 11.1 Å². The summed E-state index contributed by atoms with van der Waals surface area (Å²) in [4.78, 5) is 25.2. The third-order valence-electron chi connectivity index (χ3n) is 4.88. The minimum absolute atomic E-state index is 0.337. The highest BCUT2D eigenvalue weighted by atomic mass is 19.1. The molecule has 2 aromatic rings. The quantitative estimate of drug-likeness (QED) is 0.674. The van der Waals surface area contributed by atoms with E-state index in [0.29, 0.717) is 28.3 Å². The van der Waals surface area contributed by atoms with Gasteiger partial charge in [0.05, 0.1) is 17.0 Å². The molecule has 0 saturated heterocycles. The molecule has 0 aliphatic carbocycles. The van der Waals surface area contributed by atoms with Gasteiger partial charge in [-0.05, 0) is 71.0 Å². The fraction of sp³-hybridized carbons (Fsp3) is 0.304. The van der Waals surface area contributed by atoms with Gasteiger partial charge < -0.3 is 14.8 Å². The number of carbonyl (C=O) groups excluding carboxylic acids is 2. The van der Waals surface area contributed by atoms with E-state index in [-0.39, 0.29) is 5.91 Å². The standard InChI is InChI=1S/C23H23FN2O4/c1-22(2,3)30-21(28)26-10-6-7-17(26)15-12-18(29-23(15,4)5)19-14-9-8-13(24)11-16(14)25-20(19)27/h6-12H,1-5H3,(H,25,27). The molecule has 6 nitrogen and oxygen atoms in total. The van der Waals surface area contributed by atoms with Crippen LogP contribution >= 0.6 is 0 Å². The van der Waals surface area contributed by atoms with Crippen LogP contribution in [0.1, 0.15) is 45.9 Å². The molecule has 1 amide bonds. The number of nitrogens with one attached hydrogen (secondary N) is 1. The van der Waals surface area contributed by atoms with Crippen LogP contribution < -0.4 is 5.32 Å². The first-order chi connectivity index (χ1) is 14.0. The van der Waals surface area contributed by atoms with Crippen molar-refractivity contribution in [2.45, 2.75) is 45.8 Å². The predicted molar refractivity (Wildman–Crippen MR) is 111 cm³/mol. The molecule has 1 N–H and O–H groups in total. The van der Waals surface area contributed by atoms with Gasteiger partial charge in [0.25, 0.3) is 5.91 Å². The Kier molecular flexibility index (Phi) is 4.38. The van der Waals surface area contributed by atoms with Crippen LogP contribution in [-0.2, 0) is 14.3 Å². The van der Waals surface area contributed by atoms with Crippen LogP contribution in [0.4, 0.5) is 14.9 Å². The number of carbonyl (C=O) groups is 2. The van der Waals surface area contributed by atoms with Gasteiger partial charge in [-0.1, -0.05) is 0 Å². The first-order valence-corrected chi connectivity index (χ1v) is 9.64. The van der Waals surface area contributed by atoms with Crippen molar-refractivity contribution in [1.82, 2.24) is 4.57 Å². The van der Waals surface area contributed by atoms with E-state index in [1.807, 2.05) is 13.8 Å². The van der Waals surface area contributed by atoms with Gasteiger partial charge in [0.2, 0.25) is 0 Å². The molecule has 0 fully saturated rings. The third kappa shape index (κ3) is 3.40. The average Bonchev–Trinajstić information content (AvgIpc) is 3.27. The molecule has 3 heterocycles. The second kappa shape index (κ2) is 6.58. The Labute approximate surface area is 174 Å². The van der Waals surface area contributed by atoms with Crippen LogP contribution in [0.3, 0.4) is 0 Å². The number of halogens is 1. The summed E-state index contributed by atoms with van der Waals surface area (Å²) in [5, 5.41) is 2.67. The molecule has 1 aromatic carbocycles.